The Morgan fingerprint density at radius 2 is 0.694 bits per heavy atom. The van der Waals surface area contributed by atoms with Crippen LogP contribution in [0.25, 0.3) is 21.5 Å². The summed E-state index contributed by atoms with van der Waals surface area (Å²) in [5.74, 6) is 0. The maximum Gasteiger partial charge on any atom is 0.0757 e. The highest BCUT2D eigenvalue weighted by Crippen LogP contribution is 2.38. The molecule has 0 spiro atoms. The molecule has 0 aromatic heterocycles. The highest BCUT2D eigenvalue weighted by atomic mass is 15.0. The molecule has 6 rings (SSSR count). The SMILES string of the molecule is c1ccc([C@H](Nc2cccc3ccccc23)[C@@H](Nc2cccc3ccccc23)c2ccccc2)cc1. The summed E-state index contributed by atoms with van der Waals surface area (Å²) in [6.07, 6.45) is 0. The predicted octanol–water partition coefficient (Wildman–Crippen LogP) is 9.00. The summed E-state index contributed by atoms with van der Waals surface area (Å²) in [5, 5.41) is 12.8. The van der Waals surface area contributed by atoms with E-state index in [-0.39, 0.29) is 12.1 Å². The van der Waals surface area contributed by atoms with Crippen LogP contribution in [0.4, 0.5) is 11.4 Å². The van der Waals surface area contributed by atoms with E-state index in [1.54, 1.807) is 0 Å². The van der Waals surface area contributed by atoms with E-state index in [2.05, 4.69) is 156 Å². The molecule has 2 atom stereocenters. The average molecular weight is 465 g/mol. The molecule has 0 saturated heterocycles. The van der Waals surface area contributed by atoms with Crippen LogP contribution in [0.1, 0.15) is 23.2 Å². The largest absolute Gasteiger partial charge is 0.375 e. The van der Waals surface area contributed by atoms with Crippen LogP contribution in [0.5, 0.6) is 0 Å². The van der Waals surface area contributed by atoms with Crippen LogP contribution in [0.3, 0.4) is 0 Å². The monoisotopic (exact) mass is 464 g/mol. The van der Waals surface area contributed by atoms with Gasteiger partial charge < -0.3 is 10.6 Å². The minimum Gasteiger partial charge on any atom is -0.375 e. The standard InChI is InChI=1S/C34H28N2/c1-3-15-27(16-4-1)33(35-31-23-11-19-25-13-7-9-21-29(25)31)34(28-17-5-2-6-18-28)36-32-24-12-20-26-14-8-10-22-30(26)32/h1-24,33-36H/t33-,34-/m0/s1. The second kappa shape index (κ2) is 9.97. The van der Waals surface area contributed by atoms with Crippen LogP contribution in [0, 0.1) is 0 Å². The molecule has 2 N–H and O–H groups in total. The van der Waals surface area contributed by atoms with Crippen molar-refractivity contribution in [1.29, 1.82) is 0 Å². The minimum absolute atomic E-state index is 0.0154. The fraction of sp³-hybridized carbons (Fsp3) is 0.0588. The lowest BCUT2D eigenvalue weighted by Gasteiger charge is -2.32. The van der Waals surface area contributed by atoms with Crippen molar-refractivity contribution in [3.05, 3.63) is 157 Å². The topological polar surface area (TPSA) is 24.1 Å². The molecule has 0 aliphatic heterocycles. The number of rotatable bonds is 7. The molecule has 0 saturated carbocycles. The Bertz CT molecular complexity index is 1460. The Labute approximate surface area is 212 Å². The lowest BCUT2D eigenvalue weighted by molar-refractivity contribution is 0.651. The molecule has 0 heterocycles. The van der Waals surface area contributed by atoms with Crippen LogP contribution in [0.2, 0.25) is 0 Å². The minimum atomic E-state index is -0.0154. The van der Waals surface area contributed by atoms with Gasteiger partial charge >= 0.3 is 0 Å². The molecule has 0 fully saturated rings. The van der Waals surface area contributed by atoms with Crippen molar-refractivity contribution in [2.24, 2.45) is 0 Å². The number of nitrogens with one attached hydrogen (secondary N) is 2. The van der Waals surface area contributed by atoms with E-state index in [9.17, 15) is 0 Å². The first-order valence-electron chi connectivity index (χ1n) is 12.5. The fourth-order valence-electron chi connectivity index (χ4n) is 5.08. The van der Waals surface area contributed by atoms with Gasteiger partial charge in [-0.2, -0.15) is 0 Å². The maximum absolute atomic E-state index is 3.94. The first-order chi connectivity index (χ1) is 17.9. The van der Waals surface area contributed by atoms with Crippen molar-refractivity contribution in [3.63, 3.8) is 0 Å². The molecule has 0 bridgehead atoms. The summed E-state index contributed by atoms with van der Waals surface area (Å²) in [6.45, 7) is 0. The van der Waals surface area contributed by atoms with Gasteiger partial charge in [-0.05, 0) is 34.0 Å². The summed E-state index contributed by atoms with van der Waals surface area (Å²) in [4.78, 5) is 0. The van der Waals surface area contributed by atoms with Crippen LogP contribution < -0.4 is 10.6 Å². The predicted molar refractivity (Wildman–Crippen MR) is 154 cm³/mol. The molecule has 0 amide bonds. The first kappa shape index (κ1) is 21.9. The summed E-state index contributed by atoms with van der Waals surface area (Å²) in [7, 11) is 0. The van der Waals surface area contributed by atoms with Gasteiger partial charge in [0.15, 0.2) is 0 Å². The van der Waals surface area contributed by atoms with Crippen molar-refractivity contribution in [2.45, 2.75) is 12.1 Å². The molecule has 2 heteroatoms. The average Bonchev–Trinajstić information content (AvgIpc) is 2.96. The molecular formula is C34H28N2. The molecule has 174 valence electrons. The van der Waals surface area contributed by atoms with Gasteiger partial charge in [0.1, 0.15) is 0 Å². The van der Waals surface area contributed by atoms with E-state index in [1.165, 1.54) is 32.7 Å². The third-order valence-electron chi connectivity index (χ3n) is 6.85. The van der Waals surface area contributed by atoms with Crippen LogP contribution in [-0.2, 0) is 0 Å². The van der Waals surface area contributed by atoms with Gasteiger partial charge in [-0.1, -0.05) is 133 Å². The zero-order valence-electron chi connectivity index (χ0n) is 20.0. The van der Waals surface area contributed by atoms with Crippen molar-refractivity contribution in [1.82, 2.24) is 0 Å². The summed E-state index contributed by atoms with van der Waals surface area (Å²) in [6, 6.07) is 51.5. The summed E-state index contributed by atoms with van der Waals surface area (Å²) >= 11 is 0. The molecule has 0 unspecified atom stereocenters. The number of fused-ring (bicyclic) bond motifs is 2. The highest BCUT2D eigenvalue weighted by molar-refractivity contribution is 5.95. The zero-order valence-corrected chi connectivity index (χ0v) is 20.0. The molecule has 6 aromatic carbocycles. The zero-order chi connectivity index (χ0) is 24.2. The number of anilines is 2. The van der Waals surface area contributed by atoms with Gasteiger partial charge in [0.2, 0.25) is 0 Å². The van der Waals surface area contributed by atoms with E-state index in [1.807, 2.05) is 0 Å². The summed E-state index contributed by atoms with van der Waals surface area (Å²) < 4.78 is 0. The van der Waals surface area contributed by atoms with E-state index in [4.69, 9.17) is 0 Å². The van der Waals surface area contributed by atoms with Crippen LogP contribution in [-0.4, -0.2) is 0 Å². The van der Waals surface area contributed by atoms with Crippen molar-refractivity contribution < 1.29 is 0 Å². The third kappa shape index (κ3) is 4.42. The van der Waals surface area contributed by atoms with Crippen LogP contribution >= 0.6 is 0 Å². The molecule has 2 nitrogen and oxygen atoms in total. The van der Waals surface area contributed by atoms with E-state index >= 15 is 0 Å². The summed E-state index contributed by atoms with van der Waals surface area (Å²) in [5.41, 5.74) is 4.71. The second-order valence-corrected chi connectivity index (χ2v) is 9.12. The van der Waals surface area contributed by atoms with Crippen molar-refractivity contribution in [2.75, 3.05) is 10.6 Å². The Balaban J connectivity index is 1.50. The molecule has 36 heavy (non-hydrogen) atoms. The first-order valence-corrected chi connectivity index (χ1v) is 12.5. The molecule has 0 aliphatic carbocycles. The number of benzene rings is 6. The fourth-order valence-corrected chi connectivity index (χ4v) is 5.08. The van der Waals surface area contributed by atoms with Crippen molar-refractivity contribution in [3.8, 4) is 0 Å². The Morgan fingerprint density at radius 1 is 0.333 bits per heavy atom. The highest BCUT2D eigenvalue weighted by Gasteiger charge is 2.26. The van der Waals surface area contributed by atoms with Gasteiger partial charge in [0, 0.05) is 22.1 Å². The van der Waals surface area contributed by atoms with Gasteiger partial charge in [-0.3, -0.25) is 0 Å². The molecule has 0 aliphatic rings. The van der Waals surface area contributed by atoms with E-state index in [0.29, 0.717) is 0 Å². The Hall–Kier alpha value is -4.56. The molecule has 0 radical (unpaired) electrons. The molecular weight excluding hydrogens is 436 g/mol. The number of hydrogen-bond donors (Lipinski definition) is 2. The van der Waals surface area contributed by atoms with Crippen molar-refractivity contribution >= 4 is 32.9 Å². The van der Waals surface area contributed by atoms with Gasteiger partial charge in [0.05, 0.1) is 12.1 Å². The lowest BCUT2D eigenvalue weighted by atomic mass is 9.92. The second-order valence-electron chi connectivity index (χ2n) is 9.12. The van der Waals surface area contributed by atoms with E-state index in [0.717, 1.165) is 11.4 Å². The Morgan fingerprint density at radius 3 is 1.14 bits per heavy atom. The van der Waals surface area contributed by atoms with Gasteiger partial charge in [-0.15, -0.1) is 0 Å². The van der Waals surface area contributed by atoms with Crippen LogP contribution in [0.15, 0.2) is 146 Å². The molecule has 6 aromatic rings. The third-order valence-corrected chi connectivity index (χ3v) is 6.85. The quantitative estimate of drug-likeness (QED) is 0.246. The Kier molecular flexibility index (Phi) is 6.08. The lowest BCUT2D eigenvalue weighted by Crippen LogP contribution is -2.26. The maximum atomic E-state index is 3.94. The normalized spacial score (nSPS) is 12.8. The van der Waals surface area contributed by atoms with E-state index < -0.39 is 0 Å². The number of hydrogen-bond acceptors (Lipinski definition) is 2. The van der Waals surface area contributed by atoms with Gasteiger partial charge in [-0.25, -0.2) is 0 Å². The van der Waals surface area contributed by atoms with Gasteiger partial charge in [0.25, 0.3) is 0 Å². The smallest absolute Gasteiger partial charge is 0.0757 e.